The van der Waals surface area contributed by atoms with Crippen LogP contribution in [0.5, 0.6) is 5.75 Å². The number of aromatic nitrogens is 3. The maximum absolute atomic E-state index is 12.2. The third kappa shape index (κ3) is 4.64. The highest BCUT2D eigenvalue weighted by molar-refractivity contribution is 7.99. The summed E-state index contributed by atoms with van der Waals surface area (Å²) in [6.07, 6.45) is 0. The number of ether oxygens (including phenoxy) is 1. The fraction of sp³-hybridized carbons (Fsp3) is 0.211. The average Bonchev–Trinajstić information content (AvgIpc) is 3.01. The molecule has 0 aliphatic rings. The van der Waals surface area contributed by atoms with Crippen molar-refractivity contribution in [1.29, 1.82) is 0 Å². The number of hydrogen-bond acceptors (Lipinski definition) is 5. The first-order valence-corrected chi connectivity index (χ1v) is 9.16. The van der Waals surface area contributed by atoms with Crippen molar-refractivity contribution in [3.8, 4) is 5.75 Å². The molecule has 3 aromatic rings. The third-order valence-corrected chi connectivity index (χ3v) is 4.81. The second-order valence-electron chi connectivity index (χ2n) is 5.71. The number of amides is 1. The van der Waals surface area contributed by atoms with Crippen molar-refractivity contribution >= 4 is 23.4 Å². The minimum absolute atomic E-state index is 0.0746. The Kier molecular flexibility index (Phi) is 5.91. The van der Waals surface area contributed by atoms with Gasteiger partial charge in [0.25, 0.3) is 0 Å². The van der Waals surface area contributed by atoms with E-state index in [1.54, 1.807) is 0 Å². The molecule has 7 heteroatoms. The lowest BCUT2D eigenvalue weighted by Gasteiger charge is -2.08. The highest BCUT2D eigenvalue weighted by atomic mass is 32.2. The molecule has 0 unspecified atom stereocenters. The summed E-state index contributed by atoms with van der Waals surface area (Å²) >= 11 is 1.34. The molecular formula is C19H20N4O2S. The molecule has 6 nitrogen and oxygen atoms in total. The van der Waals surface area contributed by atoms with Crippen molar-refractivity contribution in [3.05, 3.63) is 66.0 Å². The van der Waals surface area contributed by atoms with Crippen molar-refractivity contribution in [2.45, 2.75) is 18.7 Å². The monoisotopic (exact) mass is 368 g/mol. The summed E-state index contributed by atoms with van der Waals surface area (Å²) in [5.41, 5.74) is 1.86. The predicted octanol–water partition coefficient (Wildman–Crippen LogP) is 3.43. The number of hydrogen-bond donors (Lipinski definition) is 1. The Morgan fingerprint density at radius 1 is 1.12 bits per heavy atom. The summed E-state index contributed by atoms with van der Waals surface area (Å²) in [5, 5.41) is 11.9. The highest BCUT2D eigenvalue weighted by Gasteiger charge is 2.12. The molecule has 1 amide bonds. The van der Waals surface area contributed by atoms with E-state index in [1.807, 2.05) is 73.1 Å². The zero-order valence-corrected chi connectivity index (χ0v) is 15.5. The molecular weight excluding hydrogens is 348 g/mol. The maximum atomic E-state index is 12.2. The first-order chi connectivity index (χ1) is 12.6. The molecule has 2 aromatic carbocycles. The number of carbonyl (C=O) groups excluding carboxylic acids is 1. The molecule has 0 atom stereocenters. The predicted molar refractivity (Wildman–Crippen MR) is 102 cm³/mol. The van der Waals surface area contributed by atoms with Crippen LogP contribution >= 0.6 is 11.8 Å². The quantitative estimate of drug-likeness (QED) is 0.647. The van der Waals surface area contributed by atoms with Crippen molar-refractivity contribution in [2.24, 2.45) is 7.05 Å². The van der Waals surface area contributed by atoms with E-state index in [4.69, 9.17) is 4.74 Å². The molecule has 1 N–H and O–H groups in total. The Bertz CT molecular complexity index is 880. The minimum atomic E-state index is -0.0746. The zero-order valence-electron chi connectivity index (χ0n) is 14.7. The van der Waals surface area contributed by atoms with Crippen LogP contribution in [0.3, 0.4) is 0 Å². The van der Waals surface area contributed by atoms with Gasteiger partial charge < -0.3 is 14.6 Å². The number of thioether (sulfide) groups is 1. The number of aryl methyl sites for hydroxylation is 1. The Balaban J connectivity index is 1.53. The molecule has 1 heterocycles. The van der Waals surface area contributed by atoms with Gasteiger partial charge in [0.15, 0.2) is 11.0 Å². The first-order valence-electron chi connectivity index (χ1n) is 8.18. The molecule has 0 aliphatic heterocycles. The lowest BCUT2D eigenvalue weighted by atomic mass is 10.2. The van der Waals surface area contributed by atoms with Gasteiger partial charge in [-0.05, 0) is 30.7 Å². The third-order valence-electron chi connectivity index (χ3n) is 3.79. The first kappa shape index (κ1) is 18.0. The van der Waals surface area contributed by atoms with Gasteiger partial charge >= 0.3 is 0 Å². The lowest BCUT2D eigenvalue weighted by molar-refractivity contribution is -0.113. The lowest BCUT2D eigenvalue weighted by Crippen LogP contribution is -2.15. The molecule has 0 bridgehead atoms. The van der Waals surface area contributed by atoms with E-state index in [0.717, 1.165) is 17.0 Å². The van der Waals surface area contributed by atoms with Crippen LogP contribution in [-0.2, 0) is 18.4 Å². The zero-order chi connectivity index (χ0) is 18.4. The summed E-state index contributed by atoms with van der Waals surface area (Å²) in [6.45, 7) is 2.29. The normalized spacial score (nSPS) is 10.5. The molecule has 0 radical (unpaired) electrons. The van der Waals surface area contributed by atoms with E-state index in [1.165, 1.54) is 11.8 Å². The van der Waals surface area contributed by atoms with E-state index in [-0.39, 0.29) is 11.7 Å². The minimum Gasteiger partial charge on any atom is -0.486 e. The van der Waals surface area contributed by atoms with Gasteiger partial charge in [-0.2, -0.15) is 0 Å². The van der Waals surface area contributed by atoms with E-state index >= 15 is 0 Å². The van der Waals surface area contributed by atoms with Crippen LogP contribution in [0, 0.1) is 6.92 Å². The number of carbonyl (C=O) groups is 1. The van der Waals surface area contributed by atoms with Crippen LogP contribution in [0.15, 0.2) is 59.8 Å². The summed E-state index contributed by atoms with van der Waals surface area (Å²) in [4.78, 5) is 12.2. The van der Waals surface area contributed by atoms with Gasteiger partial charge in [-0.3, -0.25) is 4.79 Å². The van der Waals surface area contributed by atoms with E-state index in [0.29, 0.717) is 17.6 Å². The van der Waals surface area contributed by atoms with E-state index < -0.39 is 0 Å². The number of nitrogens with one attached hydrogen (secondary N) is 1. The fourth-order valence-corrected chi connectivity index (χ4v) is 3.02. The van der Waals surface area contributed by atoms with Gasteiger partial charge in [0, 0.05) is 12.7 Å². The van der Waals surface area contributed by atoms with E-state index in [9.17, 15) is 4.79 Å². The van der Waals surface area contributed by atoms with Crippen LogP contribution in [-0.4, -0.2) is 26.4 Å². The summed E-state index contributed by atoms with van der Waals surface area (Å²) < 4.78 is 7.53. The van der Waals surface area contributed by atoms with Gasteiger partial charge in [0.05, 0.1) is 5.75 Å². The Hall–Kier alpha value is -2.80. The van der Waals surface area contributed by atoms with Gasteiger partial charge in [0.1, 0.15) is 12.4 Å². The molecule has 0 spiro atoms. The molecule has 134 valence electrons. The van der Waals surface area contributed by atoms with Crippen LogP contribution in [0.25, 0.3) is 0 Å². The summed E-state index contributed by atoms with van der Waals surface area (Å²) in [5.74, 6) is 1.67. The molecule has 26 heavy (non-hydrogen) atoms. The molecule has 3 rings (SSSR count). The average molecular weight is 368 g/mol. The van der Waals surface area contributed by atoms with E-state index in [2.05, 4.69) is 15.5 Å². The second kappa shape index (κ2) is 8.53. The Morgan fingerprint density at radius 2 is 1.85 bits per heavy atom. The Morgan fingerprint density at radius 3 is 2.62 bits per heavy atom. The highest BCUT2D eigenvalue weighted by Crippen LogP contribution is 2.19. The molecule has 0 saturated heterocycles. The van der Waals surface area contributed by atoms with Crippen molar-refractivity contribution in [2.75, 3.05) is 11.1 Å². The van der Waals surface area contributed by atoms with Crippen molar-refractivity contribution < 1.29 is 9.53 Å². The van der Waals surface area contributed by atoms with Crippen LogP contribution in [0.4, 0.5) is 5.69 Å². The standard InChI is InChI=1S/C19H20N4O2S/c1-14-8-6-7-11-16(14)20-18(24)13-26-19-22-21-17(23(19)2)12-25-15-9-4-3-5-10-15/h3-11H,12-13H2,1-2H3,(H,20,24). The second-order valence-corrected chi connectivity index (χ2v) is 6.65. The Labute approximate surface area is 156 Å². The molecule has 1 aromatic heterocycles. The number of para-hydroxylation sites is 2. The SMILES string of the molecule is Cc1ccccc1NC(=O)CSc1nnc(COc2ccccc2)n1C. The number of anilines is 1. The van der Waals surface area contributed by atoms with Crippen molar-refractivity contribution in [3.63, 3.8) is 0 Å². The molecule has 0 aliphatic carbocycles. The summed E-state index contributed by atoms with van der Waals surface area (Å²) in [7, 11) is 1.87. The number of rotatable bonds is 7. The fourth-order valence-electron chi connectivity index (χ4n) is 2.29. The number of nitrogens with zero attached hydrogens (tertiary/aromatic N) is 3. The van der Waals surface area contributed by atoms with Crippen LogP contribution in [0.2, 0.25) is 0 Å². The van der Waals surface area contributed by atoms with Crippen LogP contribution < -0.4 is 10.1 Å². The number of benzene rings is 2. The van der Waals surface area contributed by atoms with Gasteiger partial charge in [0.2, 0.25) is 5.91 Å². The van der Waals surface area contributed by atoms with Gasteiger partial charge in [-0.1, -0.05) is 48.2 Å². The van der Waals surface area contributed by atoms with Gasteiger partial charge in [-0.15, -0.1) is 10.2 Å². The summed E-state index contributed by atoms with van der Waals surface area (Å²) in [6, 6.07) is 17.2. The van der Waals surface area contributed by atoms with Crippen LogP contribution in [0.1, 0.15) is 11.4 Å². The molecule has 0 fully saturated rings. The molecule has 0 saturated carbocycles. The maximum Gasteiger partial charge on any atom is 0.234 e. The topological polar surface area (TPSA) is 69.0 Å². The van der Waals surface area contributed by atoms with Gasteiger partial charge in [-0.25, -0.2) is 0 Å². The van der Waals surface area contributed by atoms with Crippen molar-refractivity contribution in [1.82, 2.24) is 14.8 Å². The largest absolute Gasteiger partial charge is 0.486 e. The smallest absolute Gasteiger partial charge is 0.234 e.